The van der Waals surface area contributed by atoms with Crippen molar-refractivity contribution in [1.29, 1.82) is 0 Å². The van der Waals surface area contributed by atoms with Gasteiger partial charge in [-0.25, -0.2) is 15.1 Å². The molecule has 0 atom stereocenters. The van der Waals surface area contributed by atoms with Crippen molar-refractivity contribution in [2.24, 2.45) is 0 Å². The van der Waals surface area contributed by atoms with Gasteiger partial charge in [0.05, 0.1) is 11.2 Å². The zero-order valence-corrected chi connectivity index (χ0v) is 18.2. The number of hydroxylamine groups is 1. The number of hydrogen-bond donors (Lipinski definition) is 3. The lowest BCUT2D eigenvalue weighted by molar-refractivity contribution is -0.124. The van der Waals surface area contributed by atoms with Crippen LogP contribution in [0.5, 0.6) is 0 Å². The second kappa shape index (κ2) is 9.40. The number of likely N-dealkylation sites (tertiary alicyclic amines) is 1. The molecule has 3 N–H and O–H groups in total. The number of para-hydroxylation sites is 1. The minimum Gasteiger partial charge on any atom is -0.367 e. The van der Waals surface area contributed by atoms with Crippen molar-refractivity contribution in [1.82, 2.24) is 25.1 Å². The van der Waals surface area contributed by atoms with Gasteiger partial charge in [0.15, 0.2) is 5.82 Å². The van der Waals surface area contributed by atoms with E-state index in [9.17, 15) is 4.79 Å². The number of pyridine rings is 1. The maximum absolute atomic E-state index is 11.4. The summed E-state index contributed by atoms with van der Waals surface area (Å²) in [6.07, 6.45) is 7.51. The molecule has 0 radical (unpaired) electrons. The third-order valence-corrected chi connectivity index (χ3v) is 5.96. The third kappa shape index (κ3) is 4.57. The quantitative estimate of drug-likeness (QED) is 0.230. The zero-order chi connectivity index (χ0) is 22.6. The van der Waals surface area contributed by atoms with Crippen LogP contribution in [0.4, 0.5) is 5.82 Å². The van der Waals surface area contributed by atoms with E-state index in [-0.39, 0.29) is 0 Å². The number of rotatable bonds is 7. The molecule has 1 fully saturated rings. The Hall–Kier alpha value is -3.75. The molecular weight excluding hydrogens is 416 g/mol. The molecular formula is C25H26N6O2. The van der Waals surface area contributed by atoms with E-state index in [1.165, 1.54) is 18.9 Å². The van der Waals surface area contributed by atoms with E-state index >= 15 is 0 Å². The number of hydrogen-bond acceptors (Lipinski definition) is 6. The summed E-state index contributed by atoms with van der Waals surface area (Å²) in [5.41, 5.74) is 5.07. The minimum absolute atomic E-state index is 0.576. The maximum Gasteiger partial charge on any atom is 0.267 e. The van der Waals surface area contributed by atoms with E-state index in [4.69, 9.17) is 15.3 Å². The van der Waals surface area contributed by atoms with E-state index in [2.05, 4.69) is 10.2 Å². The fourth-order valence-corrected chi connectivity index (χ4v) is 4.27. The fraction of sp³-hybridized carbons (Fsp3) is 0.240. The molecule has 8 heteroatoms. The highest BCUT2D eigenvalue weighted by molar-refractivity contribution is 6.09. The topological polar surface area (TPSA) is 95.3 Å². The summed E-state index contributed by atoms with van der Waals surface area (Å²) in [4.78, 5) is 18.7. The van der Waals surface area contributed by atoms with Gasteiger partial charge in [-0.05, 0) is 61.8 Å². The summed E-state index contributed by atoms with van der Waals surface area (Å²) < 4.78 is 1.87. The maximum atomic E-state index is 11.4. The van der Waals surface area contributed by atoms with Crippen molar-refractivity contribution in [3.63, 3.8) is 0 Å². The molecule has 1 aliphatic rings. The molecule has 3 heterocycles. The molecule has 1 amide bonds. The number of carbonyl (C=O) groups excluding carboxylic acids is 1. The van der Waals surface area contributed by atoms with Gasteiger partial charge >= 0.3 is 0 Å². The molecule has 2 aromatic heterocycles. The van der Waals surface area contributed by atoms with Gasteiger partial charge in [0, 0.05) is 36.1 Å². The van der Waals surface area contributed by atoms with Gasteiger partial charge in [0.1, 0.15) is 5.52 Å². The zero-order valence-electron chi connectivity index (χ0n) is 18.2. The number of carbonyl (C=O) groups is 1. The Morgan fingerprint density at radius 2 is 1.91 bits per heavy atom. The lowest BCUT2D eigenvalue weighted by Gasteiger charge is -2.15. The van der Waals surface area contributed by atoms with Crippen LogP contribution in [0.15, 0.2) is 60.8 Å². The van der Waals surface area contributed by atoms with Crippen LogP contribution in [0, 0.1) is 0 Å². The number of nitrogens with one attached hydrogen (secondary N) is 2. The molecule has 0 unspecified atom stereocenters. The number of fused-ring (bicyclic) bond motifs is 3. The van der Waals surface area contributed by atoms with Crippen molar-refractivity contribution in [2.75, 3.05) is 31.5 Å². The van der Waals surface area contributed by atoms with E-state index in [1.54, 1.807) is 11.6 Å². The molecule has 0 bridgehead atoms. The van der Waals surface area contributed by atoms with Gasteiger partial charge in [-0.3, -0.25) is 10.0 Å². The summed E-state index contributed by atoms with van der Waals surface area (Å²) in [5.74, 6) is 0.196. The largest absolute Gasteiger partial charge is 0.367 e. The van der Waals surface area contributed by atoms with Crippen molar-refractivity contribution < 1.29 is 10.0 Å². The van der Waals surface area contributed by atoms with Crippen molar-refractivity contribution >= 4 is 39.6 Å². The molecule has 4 aromatic rings. The first-order valence-electron chi connectivity index (χ1n) is 11.2. The van der Waals surface area contributed by atoms with E-state index in [1.807, 2.05) is 59.4 Å². The van der Waals surface area contributed by atoms with Gasteiger partial charge in [-0.2, -0.15) is 5.10 Å². The molecule has 0 spiro atoms. The Morgan fingerprint density at radius 1 is 1.09 bits per heavy atom. The molecule has 0 aliphatic carbocycles. The average molecular weight is 443 g/mol. The second-order valence-corrected chi connectivity index (χ2v) is 8.19. The standard InChI is InChI=1S/C25H26N6O2/c32-23(29-33)11-9-18-8-10-22-20(16-18)21-17-31(19-6-2-1-3-7-19)28-24(21)25(27-22)26-12-15-30-13-4-5-14-30/h1-3,6-11,16-17,33H,4-5,12-15H2,(H,26,27)(H,29,32). The highest BCUT2D eigenvalue weighted by Gasteiger charge is 2.15. The second-order valence-electron chi connectivity index (χ2n) is 8.19. The van der Waals surface area contributed by atoms with Gasteiger partial charge in [-0.1, -0.05) is 24.3 Å². The summed E-state index contributed by atoms with van der Waals surface area (Å²) in [6, 6.07) is 15.8. The lowest BCUT2D eigenvalue weighted by Crippen LogP contribution is -2.26. The lowest BCUT2D eigenvalue weighted by atomic mass is 10.1. The Morgan fingerprint density at radius 3 is 2.70 bits per heavy atom. The third-order valence-electron chi connectivity index (χ3n) is 5.96. The van der Waals surface area contributed by atoms with Crippen LogP contribution in [0.1, 0.15) is 18.4 Å². The van der Waals surface area contributed by atoms with Crippen molar-refractivity contribution in [3.8, 4) is 5.69 Å². The minimum atomic E-state index is -0.576. The summed E-state index contributed by atoms with van der Waals surface area (Å²) >= 11 is 0. The highest BCUT2D eigenvalue weighted by Crippen LogP contribution is 2.30. The van der Waals surface area contributed by atoms with Crippen LogP contribution in [-0.4, -0.2) is 57.0 Å². The molecule has 0 saturated carbocycles. The SMILES string of the molecule is O=C(C=Cc1ccc2nc(NCCN3CCCC3)c3nn(-c4ccccc4)cc3c2c1)NO. The van der Waals surface area contributed by atoms with E-state index < -0.39 is 5.91 Å². The predicted molar refractivity (Wildman–Crippen MR) is 129 cm³/mol. The van der Waals surface area contributed by atoms with Gasteiger partial charge < -0.3 is 10.2 Å². The van der Waals surface area contributed by atoms with Crippen LogP contribution in [-0.2, 0) is 4.79 Å². The number of amides is 1. The Kier molecular flexibility index (Phi) is 6.01. The van der Waals surface area contributed by atoms with Crippen molar-refractivity contribution in [2.45, 2.75) is 12.8 Å². The average Bonchev–Trinajstić information content (AvgIpc) is 3.54. The summed E-state index contributed by atoms with van der Waals surface area (Å²) in [7, 11) is 0. The molecule has 168 valence electrons. The normalized spacial score (nSPS) is 14.5. The highest BCUT2D eigenvalue weighted by atomic mass is 16.5. The first-order chi connectivity index (χ1) is 16.2. The fourth-order valence-electron chi connectivity index (χ4n) is 4.27. The van der Waals surface area contributed by atoms with Gasteiger partial charge in [0.2, 0.25) is 0 Å². The molecule has 33 heavy (non-hydrogen) atoms. The van der Waals surface area contributed by atoms with Crippen LogP contribution in [0.3, 0.4) is 0 Å². The van der Waals surface area contributed by atoms with Crippen LogP contribution >= 0.6 is 0 Å². The first kappa shape index (κ1) is 21.1. The van der Waals surface area contributed by atoms with Gasteiger partial charge in [0.25, 0.3) is 5.91 Å². The molecule has 2 aromatic carbocycles. The van der Waals surface area contributed by atoms with Gasteiger partial charge in [-0.15, -0.1) is 0 Å². The van der Waals surface area contributed by atoms with Crippen LogP contribution < -0.4 is 10.8 Å². The monoisotopic (exact) mass is 442 g/mol. The number of benzene rings is 2. The molecule has 1 saturated heterocycles. The smallest absolute Gasteiger partial charge is 0.267 e. The first-order valence-corrected chi connectivity index (χ1v) is 11.2. The Bertz CT molecular complexity index is 1310. The Labute approximate surface area is 191 Å². The molecule has 5 rings (SSSR count). The summed E-state index contributed by atoms with van der Waals surface area (Å²) in [5, 5.41) is 19.0. The van der Waals surface area contributed by atoms with E-state index in [0.717, 1.165) is 65.1 Å². The predicted octanol–water partition coefficient (Wildman–Crippen LogP) is 3.60. The molecule has 8 nitrogen and oxygen atoms in total. The van der Waals surface area contributed by atoms with Crippen LogP contribution in [0.2, 0.25) is 0 Å². The summed E-state index contributed by atoms with van der Waals surface area (Å²) in [6.45, 7) is 4.12. The van der Waals surface area contributed by atoms with Crippen LogP contribution in [0.25, 0.3) is 33.6 Å². The van der Waals surface area contributed by atoms with E-state index in [0.29, 0.717) is 0 Å². The molecule has 1 aliphatic heterocycles. The number of aromatic nitrogens is 3. The Balaban J connectivity index is 1.55. The number of anilines is 1. The van der Waals surface area contributed by atoms with Crippen molar-refractivity contribution in [3.05, 3.63) is 66.4 Å². The number of nitrogens with zero attached hydrogens (tertiary/aromatic N) is 4.